The fourth-order valence-electron chi connectivity index (χ4n) is 6.63. The van der Waals surface area contributed by atoms with Crippen LogP contribution in [0.3, 0.4) is 0 Å². The van der Waals surface area contributed by atoms with Gasteiger partial charge < -0.3 is 9.13 Å². The molecule has 0 bridgehead atoms. The molecule has 1 aliphatic heterocycles. The number of thiophene rings is 1. The van der Waals surface area contributed by atoms with Crippen molar-refractivity contribution in [2.24, 2.45) is 0 Å². The van der Waals surface area contributed by atoms with Gasteiger partial charge in [0.1, 0.15) is 0 Å². The maximum Gasteiger partial charge on any atom is 0.172 e. The lowest BCUT2D eigenvalue weighted by Gasteiger charge is -2.16. The number of fused-ring (bicyclic) bond motifs is 9. The smallest absolute Gasteiger partial charge is 0.172 e. The molecule has 0 amide bonds. The molecule has 8 aromatic rings. The summed E-state index contributed by atoms with van der Waals surface area (Å²) < 4.78 is 20.1. The van der Waals surface area contributed by atoms with E-state index in [4.69, 9.17) is 0 Å². The standard InChI is InChI=1S/C36H22NOPS/c38-39(24-10-2-1-3-11-24)33-16-8-5-13-26(33)30-21-32-29(22-34(30)39)25-12-4-7-15-31(25)37(32)23-18-19-28-27-14-6-9-17-35(27)40-36(28)20-23/h1-22H. The lowest BCUT2D eigenvalue weighted by molar-refractivity contribution is 0.593. The molecular weight excluding hydrogens is 525 g/mol. The Morgan fingerprint density at radius 1 is 0.500 bits per heavy atom. The minimum Gasteiger partial charge on any atom is -0.309 e. The van der Waals surface area contributed by atoms with E-state index >= 15 is 4.57 Å². The molecule has 188 valence electrons. The molecule has 6 aromatic carbocycles. The van der Waals surface area contributed by atoms with Gasteiger partial charge in [0.05, 0.1) is 11.0 Å². The van der Waals surface area contributed by atoms with E-state index in [9.17, 15) is 0 Å². The number of aromatic nitrogens is 1. The summed E-state index contributed by atoms with van der Waals surface area (Å²) in [5.41, 5.74) is 5.58. The Balaban J connectivity index is 1.38. The van der Waals surface area contributed by atoms with E-state index < -0.39 is 7.14 Å². The molecule has 0 fully saturated rings. The van der Waals surface area contributed by atoms with Crippen molar-refractivity contribution in [2.45, 2.75) is 0 Å². The molecule has 2 nitrogen and oxygen atoms in total. The van der Waals surface area contributed by atoms with Crippen LogP contribution in [0, 0.1) is 0 Å². The Morgan fingerprint density at radius 3 is 2.12 bits per heavy atom. The molecule has 0 radical (unpaired) electrons. The predicted octanol–water partition coefficient (Wildman–Crippen LogP) is 8.77. The zero-order valence-electron chi connectivity index (χ0n) is 21.4. The van der Waals surface area contributed by atoms with E-state index in [1.165, 1.54) is 25.6 Å². The molecule has 2 aromatic heterocycles. The molecule has 1 aliphatic rings. The molecule has 0 N–H and O–H groups in total. The molecular formula is C36H22NOPS. The second kappa shape index (κ2) is 8.05. The number of rotatable bonds is 2. The summed E-state index contributed by atoms with van der Waals surface area (Å²) in [5, 5.41) is 7.68. The van der Waals surface area contributed by atoms with Gasteiger partial charge in [0.15, 0.2) is 7.14 Å². The first kappa shape index (κ1) is 22.4. The summed E-state index contributed by atoms with van der Waals surface area (Å²) in [5.74, 6) is 0. The average Bonchev–Trinajstić information content (AvgIpc) is 3.63. The van der Waals surface area contributed by atoms with Crippen molar-refractivity contribution in [1.82, 2.24) is 4.57 Å². The highest BCUT2D eigenvalue weighted by Crippen LogP contribution is 2.53. The van der Waals surface area contributed by atoms with E-state index in [1.54, 1.807) is 0 Å². The van der Waals surface area contributed by atoms with Crippen molar-refractivity contribution < 1.29 is 4.57 Å². The first-order valence-electron chi connectivity index (χ1n) is 13.5. The molecule has 3 heterocycles. The SMILES string of the molecule is O=P1(c2ccccc2)c2ccccc2-c2cc3c(cc21)c1ccccc1n3-c1ccc2c(c1)sc1ccccc12. The number of benzene rings is 6. The van der Waals surface area contributed by atoms with Gasteiger partial charge in [-0.15, -0.1) is 11.3 Å². The zero-order chi connectivity index (χ0) is 26.4. The highest BCUT2D eigenvalue weighted by Gasteiger charge is 2.40. The van der Waals surface area contributed by atoms with Gasteiger partial charge >= 0.3 is 0 Å². The van der Waals surface area contributed by atoms with Crippen LogP contribution in [0.1, 0.15) is 0 Å². The second-order valence-corrected chi connectivity index (χ2v) is 14.3. The lowest BCUT2D eigenvalue weighted by atomic mass is 10.0. The third-order valence-corrected chi connectivity index (χ3v) is 12.7. The van der Waals surface area contributed by atoms with Crippen LogP contribution in [0.15, 0.2) is 133 Å². The lowest BCUT2D eigenvalue weighted by Crippen LogP contribution is -2.20. The number of hydrogen-bond donors (Lipinski definition) is 0. The molecule has 1 unspecified atom stereocenters. The Bertz CT molecular complexity index is 2360. The van der Waals surface area contributed by atoms with Crippen LogP contribution in [0.5, 0.6) is 0 Å². The van der Waals surface area contributed by atoms with Gasteiger partial charge in [0.2, 0.25) is 0 Å². The molecule has 9 rings (SSSR count). The molecule has 1 atom stereocenters. The van der Waals surface area contributed by atoms with Crippen molar-refractivity contribution in [3.05, 3.63) is 133 Å². The average molecular weight is 548 g/mol. The van der Waals surface area contributed by atoms with E-state index in [0.717, 1.165) is 49.1 Å². The van der Waals surface area contributed by atoms with Crippen LogP contribution in [0.2, 0.25) is 0 Å². The Hall–Kier alpha value is -4.43. The van der Waals surface area contributed by atoms with Crippen molar-refractivity contribution in [3.63, 3.8) is 0 Å². The molecule has 0 saturated heterocycles. The van der Waals surface area contributed by atoms with E-state index in [1.807, 2.05) is 47.7 Å². The zero-order valence-corrected chi connectivity index (χ0v) is 23.1. The Morgan fingerprint density at radius 2 is 1.23 bits per heavy atom. The van der Waals surface area contributed by atoms with Gasteiger partial charge in [-0.2, -0.15) is 0 Å². The fourth-order valence-corrected chi connectivity index (χ4v) is 10.8. The fraction of sp³-hybridized carbons (Fsp3) is 0. The van der Waals surface area contributed by atoms with Crippen LogP contribution in [0.4, 0.5) is 0 Å². The largest absolute Gasteiger partial charge is 0.309 e. The van der Waals surface area contributed by atoms with Crippen LogP contribution in [-0.4, -0.2) is 4.57 Å². The topological polar surface area (TPSA) is 22.0 Å². The minimum absolute atomic E-state index is 0.888. The first-order valence-corrected chi connectivity index (χ1v) is 16.0. The van der Waals surface area contributed by atoms with E-state index in [-0.39, 0.29) is 0 Å². The van der Waals surface area contributed by atoms with Gasteiger partial charge in [-0.3, -0.25) is 0 Å². The van der Waals surface area contributed by atoms with Gasteiger partial charge in [-0.1, -0.05) is 97.1 Å². The molecule has 0 saturated carbocycles. The third kappa shape index (κ3) is 2.86. The van der Waals surface area contributed by atoms with Crippen molar-refractivity contribution >= 4 is 76.4 Å². The van der Waals surface area contributed by atoms with Crippen LogP contribution in [-0.2, 0) is 4.57 Å². The second-order valence-electron chi connectivity index (χ2n) is 10.5. The normalized spacial score (nSPS) is 16.2. The van der Waals surface area contributed by atoms with Crippen LogP contribution >= 0.6 is 18.5 Å². The monoisotopic (exact) mass is 547 g/mol. The van der Waals surface area contributed by atoms with Gasteiger partial charge in [-0.25, -0.2) is 0 Å². The summed E-state index contributed by atoms with van der Waals surface area (Å²) in [6, 6.07) is 46.8. The van der Waals surface area contributed by atoms with Crippen LogP contribution in [0.25, 0.3) is 58.8 Å². The highest BCUT2D eigenvalue weighted by molar-refractivity contribution is 7.86. The van der Waals surface area contributed by atoms with Gasteiger partial charge in [-0.05, 0) is 47.5 Å². The number of hydrogen-bond acceptors (Lipinski definition) is 2. The highest BCUT2D eigenvalue weighted by atomic mass is 32.1. The Kier molecular flexibility index (Phi) is 4.51. The summed E-state index contributed by atoms with van der Waals surface area (Å²) in [4.78, 5) is 0. The quantitative estimate of drug-likeness (QED) is 0.198. The van der Waals surface area contributed by atoms with Crippen molar-refractivity contribution in [2.75, 3.05) is 0 Å². The van der Waals surface area contributed by atoms with Crippen molar-refractivity contribution in [3.8, 4) is 16.8 Å². The minimum atomic E-state index is -3.00. The summed E-state index contributed by atoms with van der Waals surface area (Å²) >= 11 is 1.84. The summed E-state index contributed by atoms with van der Waals surface area (Å²) in [6.45, 7) is 0. The van der Waals surface area contributed by atoms with Gasteiger partial charge in [0.25, 0.3) is 0 Å². The maximum atomic E-state index is 15.1. The van der Waals surface area contributed by atoms with E-state index in [0.29, 0.717) is 0 Å². The molecule has 0 spiro atoms. The number of nitrogens with zero attached hydrogens (tertiary/aromatic N) is 1. The van der Waals surface area contributed by atoms with Gasteiger partial charge in [0, 0.05) is 52.5 Å². The maximum absolute atomic E-state index is 15.1. The third-order valence-electron chi connectivity index (χ3n) is 8.40. The molecule has 40 heavy (non-hydrogen) atoms. The summed E-state index contributed by atoms with van der Waals surface area (Å²) in [6.07, 6.45) is 0. The Labute approximate surface area is 235 Å². The number of para-hydroxylation sites is 1. The van der Waals surface area contributed by atoms with Crippen molar-refractivity contribution in [1.29, 1.82) is 0 Å². The molecule has 0 aliphatic carbocycles. The van der Waals surface area contributed by atoms with Crippen LogP contribution < -0.4 is 15.9 Å². The van der Waals surface area contributed by atoms with E-state index in [2.05, 4.69) is 102 Å². The molecule has 4 heteroatoms. The summed E-state index contributed by atoms with van der Waals surface area (Å²) in [7, 11) is -3.00. The predicted molar refractivity (Wildman–Crippen MR) is 172 cm³/mol. The first-order chi connectivity index (χ1) is 19.7.